The maximum Gasteiger partial charge on any atom is 0.416 e. The Morgan fingerprint density at radius 1 is 1.24 bits per heavy atom. The molecule has 1 N–H and O–H groups in total. The maximum atomic E-state index is 12.4. The minimum atomic E-state index is -1.06. The molecule has 158 valence electrons. The number of fused-ring (bicyclic) bond motifs is 1. The first kappa shape index (κ1) is 21.6. The van der Waals surface area contributed by atoms with Gasteiger partial charge in [0.05, 0.1) is 11.7 Å². The molecule has 9 heteroatoms. The highest BCUT2D eigenvalue weighted by atomic mass is 32.2. The predicted molar refractivity (Wildman–Crippen MR) is 109 cm³/mol. The Labute approximate surface area is 174 Å². The van der Waals surface area contributed by atoms with Gasteiger partial charge in [-0.25, -0.2) is 9.59 Å². The number of thioether (sulfide) groups is 1. The normalized spacial score (nSPS) is 28.9. The van der Waals surface area contributed by atoms with E-state index in [0.717, 1.165) is 0 Å². The summed E-state index contributed by atoms with van der Waals surface area (Å²) >= 11 is 1.23. The highest BCUT2D eigenvalue weighted by Gasteiger charge is 2.50. The molecule has 8 nitrogen and oxygen atoms in total. The lowest BCUT2D eigenvalue weighted by atomic mass is 9.99. The van der Waals surface area contributed by atoms with Gasteiger partial charge in [0.2, 0.25) is 0 Å². The van der Waals surface area contributed by atoms with Gasteiger partial charge in [0.15, 0.2) is 11.3 Å². The number of aliphatic hydroxyl groups excluding tert-OH is 1. The number of hydrogen-bond acceptors (Lipinski definition) is 8. The molecular formula is C20H26N2O6S. The van der Waals surface area contributed by atoms with Crippen molar-refractivity contribution in [3.05, 3.63) is 35.9 Å². The van der Waals surface area contributed by atoms with Gasteiger partial charge in [0.1, 0.15) is 23.2 Å². The smallest absolute Gasteiger partial charge is 0.416 e. The number of esters is 1. The van der Waals surface area contributed by atoms with Gasteiger partial charge in [-0.2, -0.15) is 0 Å². The summed E-state index contributed by atoms with van der Waals surface area (Å²) < 4.78 is 16.8. The van der Waals surface area contributed by atoms with Crippen LogP contribution in [0.4, 0.5) is 4.79 Å². The summed E-state index contributed by atoms with van der Waals surface area (Å²) in [6.45, 7) is 7.07. The van der Waals surface area contributed by atoms with Gasteiger partial charge in [0.25, 0.3) is 0 Å². The third-order valence-corrected chi connectivity index (χ3v) is 5.68. The van der Waals surface area contributed by atoms with Gasteiger partial charge in [-0.15, -0.1) is 0 Å². The van der Waals surface area contributed by atoms with E-state index in [4.69, 9.17) is 14.2 Å². The number of aliphatic imine (C=N–C) groups is 1. The minimum Gasteiger partial charge on any atom is -0.453 e. The molecule has 0 spiro atoms. The molecule has 1 amide bonds. The Morgan fingerprint density at radius 3 is 2.52 bits per heavy atom. The average Bonchev–Trinajstić information content (AvgIpc) is 3.07. The lowest BCUT2D eigenvalue weighted by Gasteiger charge is -2.38. The van der Waals surface area contributed by atoms with E-state index in [1.807, 2.05) is 0 Å². The van der Waals surface area contributed by atoms with Crippen LogP contribution in [-0.4, -0.2) is 69.7 Å². The fourth-order valence-electron chi connectivity index (χ4n) is 3.00. The van der Waals surface area contributed by atoms with Gasteiger partial charge < -0.3 is 19.3 Å². The summed E-state index contributed by atoms with van der Waals surface area (Å²) in [4.78, 5) is 30.4. The van der Waals surface area contributed by atoms with E-state index in [-0.39, 0.29) is 0 Å². The zero-order valence-corrected chi connectivity index (χ0v) is 17.9. The highest BCUT2D eigenvalue weighted by molar-refractivity contribution is 8.14. The Kier molecular flexibility index (Phi) is 6.21. The van der Waals surface area contributed by atoms with Crippen LogP contribution >= 0.6 is 11.8 Å². The topological polar surface area (TPSA) is 97.7 Å². The monoisotopic (exact) mass is 422 g/mol. The summed E-state index contributed by atoms with van der Waals surface area (Å²) in [5.74, 6) is -0.538. The molecule has 1 aromatic carbocycles. The molecule has 0 bridgehead atoms. The van der Waals surface area contributed by atoms with Crippen molar-refractivity contribution in [2.75, 3.05) is 7.05 Å². The molecule has 2 aliphatic rings. The number of amides is 1. The number of ether oxygens (including phenoxy) is 3. The first-order chi connectivity index (χ1) is 13.6. The van der Waals surface area contributed by atoms with E-state index in [1.165, 1.54) is 16.7 Å². The summed E-state index contributed by atoms with van der Waals surface area (Å²) in [7, 11) is 1.56. The first-order valence-electron chi connectivity index (χ1n) is 9.37. The van der Waals surface area contributed by atoms with Crippen LogP contribution in [0.3, 0.4) is 0 Å². The third-order valence-electron chi connectivity index (χ3n) is 4.46. The largest absolute Gasteiger partial charge is 0.453 e. The number of carbonyl (C=O) groups excluding carboxylic acids is 2. The predicted octanol–water partition coefficient (Wildman–Crippen LogP) is 2.66. The van der Waals surface area contributed by atoms with Crippen LogP contribution in [-0.2, 0) is 14.2 Å². The van der Waals surface area contributed by atoms with Crippen LogP contribution in [0.15, 0.2) is 35.3 Å². The first-order valence-corrected chi connectivity index (χ1v) is 10.3. The number of nitrogens with zero attached hydrogens (tertiary/aromatic N) is 2. The van der Waals surface area contributed by atoms with Crippen LogP contribution < -0.4 is 0 Å². The summed E-state index contributed by atoms with van der Waals surface area (Å²) in [6, 6.07) is 7.90. The molecule has 29 heavy (non-hydrogen) atoms. The zero-order chi connectivity index (χ0) is 21.3. The second-order valence-corrected chi connectivity index (χ2v) is 9.06. The van der Waals surface area contributed by atoms with Crippen molar-refractivity contribution in [1.82, 2.24) is 4.90 Å². The second kappa shape index (κ2) is 8.33. The molecule has 0 aliphatic carbocycles. The molecule has 0 aromatic heterocycles. The Balaban J connectivity index is 1.70. The number of hydrogen-bond donors (Lipinski definition) is 1. The van der Waals surface area contributed by atoms with Crippen molar-refractivity contribution in [3.63, 3.8) is 0 Å². The third kappa shape index (κ3) is 4.91. The van der Waals surface area contributed by atoms with Crippen molar-refractivity contribution in [3.8, 4) is 0 Å². The molecule has 0 unspecified atom stereocenters. The second-order valence-electron chi connectivity index (χ2n) is 8.00. The number of amidine groups is 1. The number of carbonyl (C=O) groups is 2. The van der Waals surface area contributed by atoms with Gasteiger partial charge >= 0.3 is 12.1 Å². The molecular weight excluding hydrogens is 396 g/mol. The molecule has 1 saturated heterocycles. The lowest BCUT2D eigenvalue weighted by molar-refractivity contribution is -0.149. The van der Waals surface area contributed by atoms with E-state index in [1.54, 1.807) is 65.1 Å². The molecule has 0 radical (unpaired) electrons. The van der Waals surface area contributed by atoms with E-state index >= 15 is 0 Å². The Morgan fingerprint density at radius 2 is 1.90 bits per heavy atom. The lowest BCUT2D eigenvalue weighted by Crippen LogP contribution is -2.55. The fourth-order valence-corrected chi connectivity index (χ4v) is 4.22. The number of aliphatic hydroxyl groups is 1. The number of rotatable bonds is 2. The summed E-state index contributed by atoms with van der Waals surface area (Å²) in [5, 5.41) is 11.2. The van der Waals surface area contributed by atoms with Gasteiger partial charge in [0, 0.05) is 7.05 Å². The van der Waals surface area contributed by atoms with Crippen LogP contribution in [0.25, 0.3) is 0 Å². The number of benzene rings is 1. The molecule has 2 heterocycles. The maximum absolute atomic E-state index is 12.4. The van der Waals surface area contributed by atoms with E-state index in [2.05, 4.69) is 4.99 Å². The average molecular weight is 423 g/mol. The quantitative estimate of drug-likeness (QED) is 0.732. The SMILES string of the molecule is C[C@H]1O[C@@H]2SC(N(C)C(=O)OC(C)(C)C)=N[C@@H]2[C@@H](O)[C@@H]1OC(=O)c1ccccc1. The van der Waals surface area contributed by atoms with Crippen molar-refractivity contribution < 1.29 is 28.9 Å². The molecule has 5 atom stereocenters. The summed E-state index contributed by atoms with van der Waals surface area (Å²) in [5.41, 5.74) is -0.723. The standard InChI is InChI=1S/C20H26N2O6S/c1-11-15(27-16(24)12-9-7-6-8-10-12)14(23)13-17(26-11)29-18(21-13)22(5)19(25)28-20(2,3)4/h6-11,13-15,17,23H,1-5H3/t11-,13-,14-,15-,17-/m1/s1. The molecule has 1 fully saturated rings. The van der Waals surface area contributed by atoms with Crippen molar-refractivity contribution in [2.24, 2.45) is 4.99 Å². The van der Waals surface area contributed by atoms with Crippen molar-refractivity contribution in [2.45, 2.75) is 63.1 Å². The molecule has 2 aliphatic heterocycles. The zero-order valence-electron chi connectivity index (χ0n) is 17.1. The summed E-state index contributed by atoms with van der Waals surface area (Å²) in [6.07, 6.45) is -3.02. The van der Waals surface area contributed by atoms with Crippen molar-refractivity contribution >= 4 is 29.0 Å². The fraction of sp³-hybridized carbons (Fsp3) is 0.550. The molecule has 3 rings (SSSR count). The van der Waals surface area contributed by atoms with Crippen LogP contribution in [0.5, 0.6) is 0 Å². The molecule has 0 saturated carbocycles. The van der Waals surface area contributed by atoms with Crippen LogP contribution in [0.1, 0.15) is 38.1 Å². The van der Waals surface area contributed by atoms with Gasteiger partial charge in [-0.05, 0) is 39.8 Å². The minimum absolute atomic E-state index is 0.385. The van der Waals surface area contributed by atoms with Crippen LogP contribution in [0, 0.1) is 0 Å². The highest BCUT2D eigenvalue weighted by Crippen LogP contribution is 2.38. The van der Waals surface area contributed by atoms with Crippen molar-refractivity contribution in [1.29, 1.82) is 0 Å². The van der Waals surface area contributed by atoms with E-state index < -0.39 is 47.5 Å². The Bertz CT molecular complexity index is 794. The van der Waals surface area contributed by atoms with E-state index in [9.17, 15) is 14.7 Å². The van der Waals surface area contributed by atoms with E-state index in [0.29, 0.717) is 10.7 Å². The van der Waals surface area contributed by atoms with Gasteiger partial charge in [-0.1, -0.05) is 30.0 Å². The van der Waals surface area contributed by atoms with Crippen LogP contribution in [0.2, 0.25) is 0 Å². The van der Waals surface area contributed by atoms with Gasteiger partial charge in [-0.3, -0.25) is 9.89 Å². The Hall–Kier alpha value is -2.10. The molecule has 1 aromatic rings.